The van der Waals surface area contributed by atoms with Gasteiger partial charge in [0, 0.05) is 17.5 Å². The van der Waals surface area contributed by atoms with Crippen LogP contribution in [0.1, 0.15) is 18.5 Å². The average Bonchev–Trinajstić information content (AvgIpc) is 3.20. The Balaban J connectivity index is 1.84. The molecule has 0 saturated heterocycles. The number of hydrogen-bond acceptors (Lipinski definition) is 8. The Labute approximate surface area is 166 Å². The zero-order valence-electron chi connectivity index (χ0n) is 16.1. The van der Waals surface area contributed by atoms with E-state index >= 15 is 0 Å². The van der Waals surface area contributed by atoms with E-state index in [1.54, 1.807) is 57.7 Å². The highest BCUT2D eigenvalue weighted by Crippen LogP contribution is 2.40. The standard InChI is InChI=1S/C19H19N7O3/c1-11-16(18(27)22-15-6-4-5-9-20-15)17(26-19(21-11)23-24-25-26)13-10-12(28-2)7-8-14(13)29-3/h4-10,17H,1-3H3,(H,20,22,27)(H,21,23,25)/t17-/m1/s1. The van der Waals surface area contributed by atoms with Crippen molar-refractivity contribution in [3.8, 4) is 11.5 Å². The second kappa shape index (κ2) is 7.58. The van der Waals surface area contributed by atoms with Gasteiger partial charge in [0.1, 0.15) is 23.4 Å². The topological polar surface area (TPSA) is 116 Å². The van der Waals surface area contributed by atoms with Crippen LogP contribution < -0.4 is 20.1 Å². The number of tetrazole rings is 1. The predicted octanol–water partition coefficient (Wildman–Crippen LogP) is 2.01. The Bertz CT molecular complexity index is 1080. The molecule has 0 unspecified atom stereocenters. The van der Waals surface area contributed by atoms with Gasteiger partial charge in [-0.2, -0.15) is 4.68 Å². The summed E-state index contributed by atoms with van der Waals surface area (Å²) in [5, 5.41) is 17.7. The van der Waals surface area contributed by atoms with Crippen molar-refractivity contribution in [1.29, 1.82) is 0 Å². The molecule has 1 aliphatic rings. The fraction of sp³-hybridized carbons (Fsp3) is 0.211. The molecule has 1 amide bonds. The van der Waals surface area contributed by atoms with Crippen molar-refractivity contribution in [1.82, 2.24) is 25.2 Å². The third kappa shape index (κ3) is 3.35. The molecule has 0 fully saturated rings. The van der Waals surface area contributed by atoms with E-state index in [1.807, 2.05) is 6.07 Å². The number of pyridine rings is 1. The first-order chi connectivity index (χ1) is 14.1. The third-order valence-corrected chi connectivity index (χ3v) is 4.60. The summed E-state index contributed by atoms with van der Waals surface area (Å²) < 4.78 is 12.5. The van der Waals surface area contributed by atoms with Gasteiger partial charge < -0.3 is 20.1 Å². The van der Waals surface area contributed by atoms with Gasteiger partial charge in [0.05, 0.1) is 19.8 Å². The molecule has 0 spiro atoms. The molecule has 148 valence electrons. The minimum absolute atomic E-state index is 0.329. The summed E-state index contributed by atoms with van der Waals surface area (Å²) in [4.78, 5) is 17.4. The van der Waals surface area contributed by atoms with Crippen LogP contribution in [0.2, 0.25) is 0 Å². The first-order valence-corrected chi connectivity index (χ1v) is 8.82. The second-order valence-electron chi connectivity index (χ2n) is 6.29. The number of allylic oxidation sites excluding steroid dienone is 1. The number of anilines is 2. The van der Waals surface area contributed by atoms with E-state index in [4.69, 9.17) is 9.47 Å². The summed E-state index contributed by atoms with van der Waals surface area (Å²) in [7, 11) is 3.14. The number of rotatable bonds is 5. The van der Waals surface area contributed by atoms with E-state index in [1.165, 1.54) is 4.68 Å². The molecule has 2 N–H and O–H groups in total. The molecular weight excluding hydrogens is 374 g/mol. The van der Waals surface area contributed by atoms with E-state index in [0.29, 0.717) is 40.1 Å². The Morgan fingerprint density at radius 3 is 2.79 bits per heavy atom. The summed E-state index contributed by atoms with van der Waals surface area (Å²) in [6.07, 6.45) is 1.61. The van der Waals surface area contributed by atoms with Gasteiger partial charge in [0.25, 0.3) is 5.91 Å². The Hall–Kier alpha value is -3.95. The van der Waals surface area contributed by atoms with Crippen molar-refractivity contribution >= 4 is 17.7 Å². The monoisotopic (exact) mass is 393 g/mol. The van der Waals surface area contributed by atoms with Crippen molar-refractivity contribution in [3.05, 3.63) is 59.4 Å². The van der Waals surface area contributed by atoms with Crippen LogP contribution in [0.15, 0.2) is 53.9 Å². The van der Waals surface area contributed by atoms with E-state index in [-0.39, 0.29) is 5.91 Å². The Morgan fingerprint density at radius 2 is 2.07 bits per heavy atom. The number of amides is 1. The van der Waals surface area contributed by atoms with Crippen LogP contribution in [0, 0.1) is 0 Å². The largest absolute Gasteiger partial charge is 0.497 e. The maximum absolute atomic E-state index is 13.2. The molecule has 0 aliphatic carbocycles. The van der Waals surface area contributed by atoms with Crippen LogP contribution in [-0.4, -0.2) is 45.3 Å². The number of fused-ring (bicyclic) bond motifs is 1. The van der Waals surface area contributed by atoms with Gasteiger partial charge in [0.2, 0.25) is 5.95 Å². The number of carbonyl (C=O) groups is 1. The molecule has 1 atom stereocenters. The normalized spacial score (nSPS) is 15.3. The zero-order chi connectivity index (χ0) is 20.4. The van der Waals surface area contributed by atoms with Crippen molar-refractivity contribution in [2.45, 2.75) is 13.0 Å². The highest BCUT2D eigenvalue weighted by Gasteiger charge is 2.36. The third-order valence-electron chi connectivity index (χ3n) is 4.60. The highest BCUT2D eigenvalue weighted by atomic mass is 16.5. The predicted molar refractivity (Wildman–Crippen MR) is 105 cm³/mol. The molecule has 1 aromatic carbocycles. The molecule has 10 heteroatoms. The summed E-state index contributed by atoms with van der Waals surface area (Å²) in [5.74, 6) is 1.74. The second-order valence-corrected chi connectivity index (χ2v) is 6.29. The fourth-order valence-electron chi connectivity index (χ4n) is 3.27. The molecule has 10 nitrogen and oxygen atoms in total. The van der Waals surface area contributed by atoms with Crippen LogP contribution in [0.4, 0.5) is 11.8 Å². The molecule has 1 aliphatic heterocycles. The lowest BCUT2D eigenvalue weighted by atomic mass is 9.94. The number of aromatic nitrogens is 5. The average molecular weight is 393 g/mol. The van der Waals surface area contributed by atoms with Crippen LogP contribution in [0.3, 0.4) is 0 Å². The highest BCUT2D eigenvalue weighted by molar-refractivity contribution is 6.05. The van der Waals surface area contributed by atoms with E-state index in [2.05, 4.69) is 31.1 Å². The summed E-state index contributed by atoms with van der Waals surface area (Å²) in [6, 6.07) is 10.0. The molecule has 0 bridgehead atoms. The van der Waals surface area contributed by atoms with E-state index in [0.717, 1.165) is 0 Å². The lowest BCUT2D eigenvalue weighted by molar-refractivity contribution is -0.113. The van der Waals surface area contributed by atoms with E-state index < -0.39 is 6.04 Å². The molecule has 29 heavy (non-hydrogen) atoms. The fourth-order valence-corrected chi connectivity index (χ4v) is 3.27. The van der Waals surface area contributed by atoms with Crippen molar-refractivity contribution in [3.63, 3.8) is 0 Å². The van der Waals surface area contributed by atoms with Crippen LogP contribution in [0.25, 0.3) is 0 Å². The Kier molecular flexibility index (Phi) is 4.82. The van der Waals surface area contributed by atoms with Crippen molar-refractivity contribution < 1.29 is 14.3 Å². The number of nitrogens with one attached hydrogen (secondary N) is 2. The summed E-state index contributed by atoms with van der Waals surface area (Å²) in [6.45, 7) is 1.80. The van der Waals surface area contributed by atoms with E-state index in [9.17, 15) is 4.79 Å². The quantitative estimate of drug-likeness (QED) is 0.676. The molecule has 0 radical (unpaired) electrons. The summed E-state index contributed by atoms with van der Waals surface area (Å²) >= 11 is 0. The molecule has 4 rings (SSSR count). The number of benzene rings is 1. The van der Waals surface area contributed by atoms with Crippen LogP contribution in [0.5, 0.6) is 11.5 Å². The number of carbonyl (C=O) groups excluding carboxylic acids is 1. The van der Waals surface area contributed by atoms with Gasteiger partial charge in [-0.05, 0) is 47.7 Å². The van der Waals surface area contributed by atoms with Gasteiger partial charge in [-0.1, -0.05) is 11.2 Å². The Morgan fingerprint density at radius 1 is 1.21 bits per heavy atom. The van der Waals surface area contributed by atoms with Gasteiger partial charge in [-0.3, -0.25) is 4.79 Å². The first kappa shape index (κ1) is 18.4. The van der Waals surface area contributed by atoms with Gasteiger partial charge in [-0.25, -0.2) is 4.98 Å². The SMILES string of the molecule is COc1ccc(OC)c([C@@H]2C(C(=O)Nc3ccccn3)=C(C)Nc3nnnn32)c1. The van der Waals surface area contributed by atoms with Gasteiger partial charge in [0.15, 0.2) is 0 Å². The van der Waals surface area contributed by atoms with Crippen LogP contribution >= 0.6 is 0 Å². The maximum atomic E-state index is 13.2. The zero-order valence-corrected chi connectivity index (χ0v) is 16.1. The summed E-state index contributed by atoms with van der Waals surface area (Å²) in [5.41, 5.74) is 1.74. The number of hydrogen-bond donors (Lipinski definition) is 2. The number of nitrogens with zero attached hydrogens (tertiary/aromatic N) is 5. The molecular formula is C19H19N7O3. The molecule has 2 aromatic heterocycles. The minimum atomic E-state index is -0.630. The molecule has 0 saturated carbocycles. The minimum Gasteiger partial charge on any atom is -0.497 e. The van der Waals surface area contributed by atoms with Gasteiger partial charge >= 0.3 is 0 Å². The van der Waals surface area contributed by atoms with Crippen molar-refractivity contribution in [2.75, 3.05) is 24.9 Å². The maximum Gasteiger partial charge on any atom is 0.257 e. The lowest BCUT2D eigenvalue weighted by Gasteiger charge is -2.29. The first-order valence-electron chi connectivity index (χ1n) is 8.82. The molecule has 3 heterocycles. The number of ether oxygens (including phenoxy) is 2. The van der Waals surface area contributed by atoms with Crippen LogP contribution in [-0.2, 0) is 4.79 Å². The smallest absolute Gasteiger partial charge is 0.257 e. The van der Waals surface area contributed by atoms with Crippen molar-refractivity contribution in [2.24, 2.45) is 0 Å². The lowest BCUT2D eigenvalue weighted by Crippen LogP contribution is -2.32. The number of methoxy groups -OCH3 is 2. The van der Waals surface area contributed by atoms with Gasteiger partial charge in [-0.15, -0.1) is 0 Å². The molecule has 3 aromatic rings.